The number of rotatable bonds is 11. The molecular formula is C45H49N5O8Si. The number of fused-ring (bicyclic) bond motifs is 2. The van der Waals surface area contributed by atoms with E-state index in [0.29, 0.717) is 48.5 Å². The van der Waals surface area contributed by atoms with Crippen LogP contribution in [0.15, 0.2) is 102 Å². The maximum atomic E-state index is 15.4. The highest BCUT2D eigenvalue weighted by atomic mass is 28.3. The van der Waals surface area contributed by atoms with Crippen LogP contribution in [0.2, 0.25) is 18.6 Å². The molecule has 14 heteroatoms. The van der Waals surface area contributed by atoms with Crippen LogP contribution in [0.1, 0.15) is 55.7 Å². The summed E-state index contributed by atoms with van der Waals surface area (Å²) < 4.78 is 12.6. The molecule has 4 heterocycles. The van der Waals surface area contributed by atoms with E-state index in [9.17, 15) is 24.8 Å². The number of carbonyl (C=O) groups is 3. The number of nitro groups is 1. The number of ether oxygens (including phenoxy) is 2. The lowest BCUT2D eigenvalue weighted by Crippen LogP contribution is -2.52. The number of nitrogens with zero attached hydrogens (tertiary/aromatic N) is 5. The number of likely N-dealkylation sites (tertiary alicyclic amines) is 1. The Morgan fingerprint density at radius 1 is 1.02 bits per heavy atom. The van der Waals surface area contributed by atoms with Crippen LogP contribution in [-0.2, 0) is 31.3 Å². The zero-order valence-electron chi connectivity index (χ0n) is 33.7. The van der Waals surface area contributed by atoms with Gasteiger partial charge in [-0.25, -0.2) is 5.01 Å². The van der Waals surface area contributed by atoms with Crippen molar-refractivity contribution in [3.63, 3.8) is 0 Å². The smallest absolute Gasteiger partial charge is 0.269 e. The molecule has 0 radical (unpaired) electrons. The van der Waals surface area contributed by atoms with E-state index in [1.165, 1.54) is 17.1 Å². The Morgan fingerprint density at radius 3 is 2.49 bits per heavy atom. The minimum Gasteiger partial charge on any atom is -0.497 e. The lowest BCUT2D eigenvalue weighted by atomic mass is 9.82. The van der Waals surface area contributed by atoms with Crippen LogP contribution < -0.4 is 19.8 Å². The molecule has 13 nitrogen and oxygen atoms in total. The van der Waals surface area contributed by atoms with Gasteiger partial charge in [0, 0.05) is 43.0 Å². The largest absolute Gasteiger partial charge is 0.497 e. The van der Waals surface area contributed by atoms with Crippen molar-refractivity contribution in [3.05, 3.63) is 124 Å². The van der Waals surface area contributed by atoms with Crippen molar-refractivity contribution < 1.29 is 33.9 Å². The van der Waals surface area contributed by atoms with Gasteiger partial charge in [0.15, 0.2) is 5.60 Å². The van der Waals surface area contributed by atoms with Crippen LogP contribution >= 0.6 is 0 Å². The highest BCUT2D eigenvalue weighted by Gasteiger charge is 2.67. The van der Waals surface area contributed by atoms with Crippen molar-refractivity contribution in [1.29, 1.82) is 0 Å². The Bertz CT molecular complexity index is 2320. The third-order valence-corrected chi connectivity index (χ3v) is 17.3. The van der Waals surface area contributed by atoms with Gasteiger partial charge in [0.25, 0.3) is 11.6 Å². The molecule has 0 aliphatic carbocycles. The van der Waals surface area contributed by atoms with Gasteiger partial charge in [-0.2, -0.15) is 5.10 Å². The molecule has 0 aromatic heterocycles. The molecule has 59 heavy (non-hydrogen) atoms. The predicted molar refractivity (Wildman–Crippen MR) is 226 cm³/mol. The molecule has 1 spiro atoms. The fraction of sp³-hybridized carbons (Fsp3) is 0.378. The molecule has 4 aliphatic rings. The summed E-state index contributed by atoms with van der Waals surface area (Å²) in [7, 11) is -1.02. The summed E-state index contributed by atoms with van der Waals surface area (Å²) in [6, 6.07) is 29.2. The minimum absolute atomic E-state index is 0.00518. The molecule has 4 aromatic carbocycles. The predicted octanol–water partition coefficient (Wildman–Crippen LogP) is 6.27. The van der Waals surface area contributed by atoms with E-state index in [-0.39, 0.29) is 54.6 Å². The number of methoxy groups -OCH3 is 1. The molecule has 0 bridgehead atoms. The van der Waals surface area contributed by atoms with Crippen LogP contribution in [0.5, 0.6) is 5.75 Å². The number of hydrogen-bond donors (Lipinski definition) is 1. The first-order valence-electron chi connectivity index (χ1n) is 20.3. The summed E-state index contributed by atoms with van der Waals surface area (Å²) in [5, 5.41) is 29.6. The Morgan fingerprint density at radius 2 is 1.78 bits per heavy atom. The van der Waals surface area contributed by atoms with E-state index in [0.717, 1.165) is 28.4 Å². The van der Waals surface area contributed by atoms with Gasteiger partial charge in [-0.1, -0.05) is 79.8 Å². The van der Waals surface area contributed by atoms with Gasteiger partial charge in [0.05, 0.1) is 68.9 Å². The van der Waals surface area contributed by atoms with Crippen LogP contribution in [0.3, 0.4) is 0 Å². The molecule has 4 aliphatic heterocycles. The molecule has 4 aromatic rings. The number of aliphatic hydroxyl groups excluding tert-OH is 1. The van der Waals surface area contributed by atoms with Gasteiger partial charge < -0.3 is 24.4 Å². The average molecular weight is 816 g/mol. The van der Waals surface area contributed by atoms with Crippen molar-refractivity contribution in [2.75, 3.05) is 30.2 Å². The second-order valence-electron chi connectivity index (χ2n) is 16.6. The lowest BCUT2D eigenvalue weighted by Gasteiger charge is -2.37. The fourth-order valence-corrected chi connectivity index (χ4v) is 14.0. The molecule has 0 saturated carbocycles. The lowest BCUT2D eigenvalue weighted by molar-refractivity contribution is -0.385. The fourth-order valence-electron chi connectivity index (χ4n) is 9.98. The molecule has 8 rings (SSSR count). The summed E-state index contributed by atoms with van der Waals surface area (Å²) in [5.74, 6) is -0.445. The molecular weight excluding hydrogens is 767 g/mol. The van der Waals surface area contributed by atoms with Crippen molar-refractivity contribution in [2.45, 2.75) is 82.0 Å². The summed E-state index contributed by atoms with van der Waals surface area (Å²) in [6.07, 6.45) is 1.61. The molecule has 1 N–H and O–H groups in total. The molecule has 2 saturated heterocycles. The highest BCUT2D eigenvalue weighted by Crippen LogP contribution is 2.60. The quantitative estimate of drug-likeness (QED) is 0.106. The van der Waals surface area contributed by atoms with Gasteiger partial charge in [0.2, 0.25) is 11.8 Å². The van der Waals surface area contributed by atoms with Crippen LogP contribution in [-0.4, -0.2) is 78.8 Å². The minimum atomic E-state index is -2.63. The van der Waals surface area contributed by atoms with E-state index in [4.69, 9.17) is 14.6 Å². The first kappa shape index (κ1) is 40.1. The zero-order chi connectivity index (χ0) is 41.6. The third kappa shape index (κ3) is 7.02. The van der Waals surface area contributed by atoms with Gasteiger partial charge in [-0.3, -0.25) is 24.5 Å². The van der Waals surface area contributed by atoms with Crippen molar-refractivity contribution >= 4 is 53.8 Å². The number of benzene rings is 4. The Hall–Kier alpha value is -5.70. The maximum Gasteiger partial charge on any atom is 0.269 e. The first-order chi connectivity index (χ1) is 28.4. The Kier molecular flexibility index (Phi) is 10.7. The zero-order valence-corrected chi connectivity index (χ0v) is 34.7. The highest BCUT2D eigenvalue weighted by molar-refractivity contribution is 6.91. The van der Waals surface area contributed by atoms with Crippen LogP contribution in [0.4, 0.5) is 17.1 Å². The topological polar surface area (TPSA) is 155 Å². The second-order valence-corrected chi connectivity index (χ2v) is 21.3. The number of nitro benzene ring substituents is 1. The van der Waals surface area contributed by atoms with E-state index >= 15 is 4.79 Å². The van der Waals surface area contributed by atoms with Gasteiger partial charge in [0.1, 0.15) is 5.75 Å². The van der Waals surface area contributed by atoms with Gasteiger partial charge in [-0.05, 0) is 59.8 Å². The number of hydrazone groups is 1. The van der Waals surface area contributed by atoms with E-state index in [1.54, 1.807) is 23.0 Å². The SMILES string of the molecule is COc1ccc([Si](C)(C)[C@@H]2[C@@H](CC(=O)N3CCC[C@H]3CO)O[C@]3(C(=O)N(Cc4cccc(N5N=C(c6ccccc6)CCC5=O)c4)c4ccc([N+](=O)[O-])cc43)[C@H]2C)cc1. The van der Waals surface area contributed by atoms with Crippen molar-refractivity contribution in [2.24, 2.45) is 11.0 Å². The van der Waals surface area contributed by atoms with E-state index in [1.807, 2.05) is 85.8 Å². The molecule has 5 atom stereocenters. The Labute approximate surface area is 344 Å². The number of hydrogen-bond acceptors (Lipinski definition) is 9. The number of non-ortho nitro benzene ring substituents is 1. The van der Waals surface area contributed by atoms with E-state index in [2.05, 4.69) is 13.1 Å². The van der Waals surface area contributed by atoms with Crippen LogP contribution in [0.25, 0.3) is 0 Å². The normalized spacial score (nSPS) is 24.2. The van der Waals surface area contributed by atoms with Gasteiger partial charge in [-0.15, -0.1) is 0 Å². The molecule has 3 amide bonds. The standard InChI is InChI=1S/C45H49N5O8Si/c1-29-43(59(3,4)36-18-16-35(57-2)17-19-36)40(26-42(53)47-23-9-14-34(47)28-51)58-45(29)37-25-33(50(55)56)15-21-39(37)48(44(45)54)27-30-10-8-13-32(24-30)49-41(52)22-20-38(46-49)31-11-6-5-7-12-31/h5-8,10-13,15-19,21,24-25,29,34,40,43,51H,9,14,20,22-23,26-28H2,1-4H3/t29-,34-,40+,43-,45+/m0/s1. The summed E-state index contributed by atoms with van der Waals surface area (Å²) >= 11 is 0. The summed E-state index contributed by atoms with van der Waals surface area (Å²) in [4.78, 5) is 58.0. The second kappa shape index (κ2) is 15.8. The number of anilines is 2. The van der Waals surface area contributed by atoms with Gasteiger partial charge >= 0.3 is 0 Å². The maximum absolute atomic E-state index is 15.4. The number of aliphatic hydroxyl groups is 1. The summed E-state index contributed by atoms with van der Waals surface area (Å²) in [5.41, 5.74) is 1.83. The summed E-state index contributed by atoms with van der Waals surface area (Å²) in [6.45, 7) is 6.90. The monoisotopic (exact) mass is 815 g/mol. The van der Waals surface area contributed by atoms with Crippen molar-refractivity contribution in [1.82, 2.24) is 4.90 Å². The molecule has 306 valence electrons. The van der Waals surface area contributed by atoms with Crippen molar-refractivity contribution in [3.8, 4) is 5.75 Å². The number of amides is 3. The average Bonchev–Trinajstić information content (AvgIpc) is 3.91. The molecule has 2 fully saturated rings. The third-order valence-electron chi connectivity index (χ3n) is 12.9. The first-order valence-corrected chi connectivity index (χ1v) is 23.3. The number of carbonyl (C=O) groups excluding carboxylic acids is 3. The van der Waals surface area contributed by atoms with E-state index < -0.39 is 30.6 Å². The molecule has 0 unspecified atom stereocenters. The van der Waals surface area contributed by atoms with Crippen LogP contribution in [0, 0.1) is 16.0 Å². The Balaban J connectivity index is 1.19.